The Kier molecular flexibility index (Phi) is 3.47. The highest BCUT2D eigenvalue weighted by Crippen LogP contribution is 2.29. The molecular weight excluding hydrogens is 202 g/mol. The molecule has 0 atom stereocenters. The topological polar surface area (TPSA) is 12.0 Å². The Balaban J connectivity index is 1.87. The summed E-state index contributed by atoms with van der Waals surface area (Å²) in [6.07, 6.45) is 6.66. The van der Waals surface area contributed by atoms with E-state index in [4.69, 9.17) is 0 Å². The van der Waals surface area contributed by atoms with E-state index < -0.39 is 0 Å². The van der Waals surface area contributed by atoms with Gasteiger partial charge in [0.2, 0.25) is 0 Å². The highest BCUT2D eigenvalue weighted by atomic mass is 32.1. The average molecular weight is 223 g/mol. The quantitative estimate of drug-likeness (QED) is 0.820. The van der Waals surface area contributed by atoms with Crippen molar-refractivity contribution in [2.75, 3.05) is 0 Å². The number of hydrogen-bond acceptors (Lipinski definition) is 2. The molecule has 0 saturated heterocycles. The molecule has 0 aliphatic heterocycles. The second-order valence-electron chi connectivity index (χ2n) is 4.84. The van der Waals surface area contributed by atoms with Gasteiger partial charge in [-0.2, -0.15) is 0 Å². The van der Waals surface area contributed by atoms with Crippen molar-refractivity contribution in [2.24, 2.45) is 0 Å². The molecular formula is C13H21NS. The van der Waals surface area contributed by atoms with Crippen molar-refractivity contribution in [2.45, 2.75) is 58.0 Å². The summed E-state index contributed by atoms with van der Waals surface area (Å²) in [6, 6.07) is 4.54. The molecule has 15 heavy (non-hydrogen) atoms. The van der Waals surface area contributed by atoms with Crippen LogP contribution in [-0.4, -0.2) is 5.54 Å². The number of aryl methyl sites for hydroxylation is 1. The number of hydrogen-bond donors (Lipinski definition) is 1. The third-order valence-electron chi connectivity index (χ3n) is 3.46. The fraction of sp³-hybridized carbons (Fsp3) is 0.692. The molecule has 0 bridgehead atoms. The van der Waals surface area contributed by atoms with Crippen molar-refractivity contribution in [1.82, 2.24) is 5.32 Å². The van der Waals surface area contributed by atoms with Crippen molar-refractivity contribution >= 4 is 11.3 Å². The van der Waals surface area contributed by atoms with Gasteiger partial charge >= 0.3 is 0 Å². The summed E-state index contributed by atoms with van der Waals surface area (Å²) in [7, 11) is 0. The van der Waals surface area contributed by atoms with Crippen LogP contribution in [0.2, 0.25) is 0 Å². The minimum Gasteiger partial charge on any atom is -0.307 e. The maximum Gasteiger partial charge on any atom is 0.0304 e. The van der Waals surface area contributed by atoms with E-state index in [-0.39, 0.29) is 0 Å². The van der Waals surface area contributed by atoms with E-state index >= 15 is 0 Å². The SMILES string of the molecule is CCc1ccc(CNC2(C)CCCC2)s1. The van der Waals surface area contributed by atoms with Gasteiger partial charge in [-0.15, -0.1) is 11.3 Å². The molecule has 2 heteroatoms. The smallest absolute Gasteiger partial charge is 0.0304 e. The van der Waals surface area contributed by atoms with Gasteiger partial charge in [0.05, 0.1) is 0 Å². The van der Waals surface area contributed by atoms with Crippen LogP contribution >= 0.6 is 11.3 Å². The van der Waals surface area contributed by atoms with Crippen LogP contribution in [-0.2, 0) is 13.0 Å². The Bertz CT molecular complexity index is 310. The fourth-order valence-corrected chi connectivity index (χ4v) is 3.24. The van der Waals surface area contributed by atoms with Gasteiger partial charge in [0.1, 0.15) is 0 Å². The predicted octanol–water partition coefficient (Wildman–Crippen LogP) is 3.73. The van der Waals surface area contributed by atoms with Crippen molar-refractivity contribution in [1.29, 1.82) is 0 Å². The lowest BCUT2D eigenvalue weighted by molar-refractivity contribution is 0.364. The summed E-state index contributed by atoms with van der Waals surface area (Å²) in [4.78, 5) is 2.99. The second-order valence-corrected chi connectivity index (χ2v) is 6.10. The molecule has 0 aromatic carbocycles. The largest absolute Gasteiger partial charge is 0.307 e. The van der Waals surface area contributed by atoms with Crippen LogP contribution in [0.25, 0.3) is 0 Å². The normalized spacial score (nSPS) is 19.6. The van der Waals surface area contributed by atoms with E-state index in [1.54, 1.807) is 0 Å². The molecule has 1 aliphatic carbocycles. The van der Waals surface area contributed by atoms with Crippen LogP contribution in [0.5, 0.6) is 0 Å². The zero-order valence-corrected chi connectivity index (χ0v) is 10.6. The van der Waals surface area contributed by atoms with E-state index in [1.165, 1.54) is 41.9 Å². The molecule has 1 aromatic heterocycles. The molecule has 1 aliphatic rings. The van der Waals surface area contributed by atoms with E-state index in [9.17, 15) is 0 Å². The molecule has 0 radical (unpaired) electrons. The predicted molar refractivity (Wildman–Crippen MR) is 67.4 cm³/mol. The molecule has 0 unspecified atom stereocenters. The van der Waals surface area contributed by atoms with Gasteiger partial charge in [-0.25, -0.2) is 0 Å². The number of nitrogens with one attached hydrogen (secondary N) is 1. The van der Waals surface area contributed by atoms with E-state index in [2.05, 4.69) is 31.3 Å². The minimum absolute atomic E-state index is 0.413. The van der Waals surface area contributed by atoms with Crippen LogP contribution < -0.4 is 5.32 Å². The third kappa shape index (κ3) is 2.82. The van der Waals surface area contributed by atoms with Gasteiger partial charge in [0.15, 0.2) is 0 Å². The Morgan fingerprint density at radius 3 is 2.53 bits per heavy atom. The maximum absolute atomic E-state index is 3.72. The first-order chi connectivity index (χ1) is 7.22. The van der Waals surface area contributed by atoms with Gasteiger partial charge < -0.3 is 5.32 Å². The first-order valence-corrected chi connectivity index (χ1v) is 6.86. The summed E-state index contributed by atoms with van der Waals surface area (Å²) < 4.78 is 0. The van der Waals surface area contributed by atoms with Crippen LogP contribution in [0.3, 0.4) is 0 Å². The summed E-state index contributed by atoms with van der Waals surface area (Å²) in [5.74, 6) is 0. The van der Waals surface area contributed by atoms with Gasteiger partial charge in [-0.05, 0) is 38.3 Å². The van der Waals surface area contributed by atoms with Gasteiger partial charge in [-0.3, -0.25) is 0 Å². The highest BCUT2D eigenvalue weighted by Gasteiger charge is 2.27. The summed E-state index contributed by atoms with van der Waals surface area (Å²) in [6.45, 7) is 5.65. The van der Waals surface area contributed by atoms with Crippen molar-refractivity contribution in [3.8, 4) is 0 Å². The third-order valence-corrected chi connectivity index (χ3v) is 4.69. The lowest BCUT2D eigenvalue weighted by Gasteiger charge is -2.24. The monoisotopic (exact) mass is 223 g/mol. The Hall–Kier alpha value is -0.340. The standard InChI is InChI=1S/C13H21NS/c1-3-11-6-7-12(15-11)10-14-13(2)8-4-5-9-13/h6-7,14H,3-5,8-10H2,1-2H3. The number of rotatable bonds is 4. The molecule has 2 rings (SSSR count). The first-order valence-electron chi connectivity index (χ1n) is 6.04. The minimum atomic E-state index is 0.413. The average Bonchev–Trinajstić information content (AvgIpc) is 2.84. The van der Waals surface area contributed by atoms with Crippen molar-refractivity contribution in [3.63, 3.8) is 0 Å². The molecule has 1 nitrogen and oxygen atoms in total. The van der Waals surface area contributed by atoms with Gasteiger partial charge in [0, 0.05) is 21.8 Å². The fourth-order valence-electron chi connectivity index (χ4n) is 2.34. The Morgan fingerprint density at radius 2 is 1.93 bits per heavy atom. The Labute approximate surface area is 96.9 Å². The highest BCUT2D eigenvalue weighted by molar-refractivity contribution is 7.11. The molecule has 84 valence electrons. The molecule has 1 N–H and O–H groups in total. The van der Waals surface area contributed by atoms with Crippen molar-refractivity contribution < 1.29 is 0 Å². The Morgan fingerprint density at radius 1 is 1.27 bits per heavy atom. The second kappa shape index (κ2) is 4.67. The first kappa shape index (κ1) is 11.2. The zero-order chi connectivity index (χ0) is 10.7. The molecule has 0 amide bonds. The van der Waals surface area contributed by atoms with Gasteiger partial charge in [0.25, 0.3) is 0 Å². The lowest BCUT2D eigenvalue weighted by Crippen LogP contribution is -2.38. The van der Waals surface area contributed by atoms with Crippen LogP contribution in [0.15, 0.2) is 12.1 Å². The molecule has 1 saturated carbocycles. The summed E-state index contributed by atoms with van der Waals surface area (Å²) in [5, 5.41) is 3.72. The number of thiophene rings is 1. The zero-order valence-electron chi connectivity index (χ0n) is 9.81. The summed E-state index contributed by atoms with van der Waals surface area (Å²) in [5.41, 5.74) is 0.413. The summed E-state index contributed by atoms with van der Waals surface area (Å²) >= 11 is 1.95. The van der Waals surface area contributed by atoms with E-state index in [1.807, 2.05) is 11.3 Å². The molecule has 0 spiro atoms. The molecule has 1 fully saturated rings. The maximum atomic E-state index is 3.72. The van der Waals surface area contributed by atoms with Crippen LogP contribution in [0, 0.1) is 0 Å². The van der Waals surface area contributed by atoms with E-state index in [0.29, 0.717) is 5.54 Å². The van der Waals surface area contributed by atoms with Crippen LogP contribution in [0.4, 0.5) is 0 Å². The molecule has 1 aromatic rings. The lowest BCUT2D eigenvalue weighted by atomic mass is 10.0. The van der Waals surface area contributed by atoms with E-state index in [0.717, 1.165) is 6.54 Å². The van der Waals surface area contributed by atoms with Crippen LogP contribution in [0.1, 0.15) is 49.3 Å². The van der Waals surface area contributed by atoms with Crippen molar-refractivity contribution in [3.05, 3.63) is 21.9 Å². The van der Waals surface area contributed by atoms with Gasteiger partial charge in [-0.1, -0.05) is 19.8 Å². The molecule has 1 heterocycles.